The predicted molar refractivity (Wildman–Crippen MR) is 124 cm³/mol. The number of benzene rings is 1. The molecule has 0 aliphatic carbocycles. The molecule has 10 nitrogen and oxygen atoms in total. The molecule has 0 bridgehead atoms. The third-order valence-electron chi connectivity index (χ3n) is 5.23. The molecule has 0 fully saturated rings. The largest absolute Gasteiger partial charge is 0.466 e. The van der Waals surface area contributed by atoms with E-state index in [2.05, 4.69) is 20.3 Å². The van der Waals surface area contributed by atoms with E-state index < -0.39 is 11.9 Å². The van der Waals surface area contributed by atoms with Gasteiger partial charge in [0.25, 0.3) is 0 Å². The minimum absolute atomic E-state index is 0.0560. The number of rotatable bonds is 6. The van der Waals surface area contributed by atoms with Crippen LogP contribution in [0.4, 0.5) is 17.3 Å². The van der Waals surface area contributed by atoms with E-state index in [1.54, 1.807) is 29.6 Å². The van der Waals surface area contributed by atoms with Crippen molar-refractivity contribution < 1.29 is 23.8 Å². The van der Waals surface area contributed by atoms with Gasteiger partial charge in [0, 0.05) is 35.5 Å². The van der Waals surface area contributed by atoms with Crippen molar-refractivity contribution in [1.29, 1.82) is 0 Å². The Kier molecular flexibility index (Phi) is 6.79. The van der Waals surface area contributed by atoms with Crippen molar-refractivity contribution in [2.24, 2.45) is 0 Å². The first-order chi connectivity index (χ1) is 16.5. The maximum atomic E-state index is 12.6. The van der Waals surface area contributed by atoms with Crippen molar-refractivity contribution in [2.45, 2.75) is 6.92 Å². The summed E-state index contributed by atoms with van der Waals surface area (Å²) >= 11 is 0. The number of ether oxygens (including phenoxy) is 3. The summed E-state index contributed by atoms with van der Waals surface area (Å²) in [4.78, 5) is 39.4. The van der Waals surface area contributed by atoms with Crippen LogP contribution in [0.1, 0.15) is 5.56 Å². The lowest BCUT2D eigenvalue weighted by Crippen LogP contribution is -2.38. The van der Waals surface area contributed by atoms with E-state index in [-0.39, 0.29) is 24.6 Å². The molecule has 0 radical (unpaired) electrons. The van der Waals surface area contributed by atoms with Crippen LogP contribution in [0.25, 0.3) is 11.3 Å². The van der Waals surface area contributed by atoms with Crippen molar-refractivity contribution in [3.05, 3.63) is 71.8 Å². The molecule has 0 saturated heterocycles. The number of carbonyl (C=O) groups is 2. The molecule has 3 aromatic rings. The van der Waals surface area contributed by atoms with Gasteiger partial charge in [0.2, 0.25) is 5.95 Å². The number of hydrogen-bond acceptors (Lipinski definition) is 10. The van der Waals surface area contributed by atoms with Crippen molar-refractivity contribution >= 4 is 29.3 Å². The molecule has 3 heterocycles. The highest BCUT2D eigenvalue weighted by atomic mass is 16.5. The molecule has 4 rings (SSSR count). The van der Waals surface area contributed by atoms with Gasteiger partial charge in [0.1, 0.15) is 12.4 Å². The first kappa shape index (κ1) is 22.9. The Hall–Kier alpha value is -4.31. The third kappa shape index (κ3) is 4.71. The molecular formula is C24H23N5O5. The smallest absolute Gasteiger partial charge is 0.355 e. The molecule has 0 spiro atoms. The Balaban J connectivity index is 1.69. The fourth-order valence-electron chi connectivity index (χ4n) is 3.47. The van der Waals surface area contributed by atoms with E-state index >= 15 is 0 Å². The summed E-state index contributed by atoms with van der Waals surface area (Å²) in [7, 11) is 2.50. The minimum Gasteiger partial charge on any atom is -0.466 e. The summed E-state index contributed by atoms with van der Waals surface area (Å²) < 4.78 is 15.3. The number of nitrogens with one attached hydrogen (secondary N) is 1. The van der Waals surface area contributed by atoms with Gasteiger partial charge in [0.15, 0.2) is 0 Å². The highest BCUT2D eigenvalue weighted by molar-refractivity contribution is 6.03. The third-order valence-corrected chi connectivity index (χ3v) is 5.23. The Bertz CT molecular complexity index is 1250. The van der Waals surface area contributed by atoms with E-state index in [0.717, 1.165) is 22.5 Å². The average Bonchev–Trinajstić information content (AvgIpc) is 2.89. The zero-order valence-electron chi connectivity index (χ0n) is 18.9. The fourth-order valence-corrected chi connectivity index (χ4v) is 3.47. The lowest BCUT2D eigenvalue weighted by atomic mass is 10.1. The van der Waals surface area contributed by atoms with Crippen LogP contribution in [-0.4, -0.2) is 54.4 Å². The van der Waals surface area contributed by atoms with Crippen LogP contribution in [-0.2, 0) is 23.8 Å². The molecule has 1 aliphatic heterocycles. The maximum Gasteiger partial charge on any atom is 0.355 e. The van der Waals surface area contributed by atoms with E-state index in [9.17, 15) is 9.59 Å². The van der Waals surface area contributed by atoms with Gasteiger partial charge < -0.3 is 24.4 Å². The lowest BCUT2D eigenvalue weighted by molar-refractivity contribution is -0.140. The highest BCUT2D eigenvalue weighted by Gasteiger charge is 2.32. The lowest BCUT2D eigenvalue weighted by Gasteiger charge is -2.31. The average molecular weight is 461 g/mol. The number of hydrogen-bond donors (Lipinski definition) is 1. The Labute approximate surface area is 196 Å². The van der Waals surface area contributed by atoms with Crippen molar-refractivity contribution in [3.63, 3.8) is 0 Å². The number of pyridine rings is 1. The van der Waals surface area contributed by atoms with Gasteiger partial charge in [-0.3, -0.25) is 4.98 Å². The molecule has 174 valence electrons. The molecular weight excluding hydrogens is 438 g/mol. The minimum atomic E-state index is -0.661. The van der Waals surface area contributed by atoms with Crippen LogP contribution < -0.4 is 10.2 Å². The quantitative estimate of drug-likeness (QED) is 0.549. The zero-order chi connectivity index (χ0) is 24.1. The summed E-state index contributed by atoms with van der Waals surface area (Å²) in [6.45, 7) is 1.93. The first-order valence-electron chi connectivity index (χ1n) is 10.4. The molecule has 2 aromatic heterocycles. The number of nitrogens with zero attached hydrogens (tertiary/aromatic N) is 4. The van der Waals surface area contributed by atoms with Gasteiger partial charge in [0.05, 0.1) is 32.1 Å². The van der Waals surface area contributed by atoms with Gasteiger partial charge >= 0.3 is 11.9 Å². The molecule has 1 aliphatic rings. The number of aryl methyl sites for hydroxylation is 1. The van der Waals surface area contributed by atoms with Crippen LogP contribution in [0.3, 0.4) is 0 Å². The summed E-state index contributed by atoms with van der Waals surface area (Å²) in [6, 6.07) is 11.1. The van der Waals surface area contributed by atoms with Crippen LogP contribution in [0.5, 0.6) is 0 Å². The molecule has 0 saturated carbocycles. The molecule has 0 atom stereocenters. The number of methoxy groups -OCH3 is 2. The Morgan fingerprint density at radius 3 is 2.65 bits per heavy atom. The van der Waals surface area contributed by atoms with E-state index in [1.807, 2.05) is 37.3 Å². The monoisotopic (exact) mass is 461 g/mol. The van der Waals surface area contributed by atoms with Crippen molar-refractivity contribution in [3.8, 4) is 11.3 Å². The summed E-state index contributed by atoms with van der Waals surface area (Å²) in [5.41, 5.74) is 4.00. The van der Waals surface area contributed by atoms with Crippen LogP contribution >= 0.6 is 0 Å². The number of esters is 2. The second-order valence-electron chi connectivity index (χ2n) is 7.35. The Morgan fingerprint density at radius 2 is 1.91 bits per heavy atom. The number of anilines is 3. The van der Waals surface area contributed by atoms with Crippen LogP contribution in [0.2, 0.25) is 0 Å². The standard InChI is InChI=1S/C24H23N5O5/c1-15-6-7-17(29-14-34-13-18(22(30)32-2)21(29)23(31)33-3)11-20(15)28-24-26-10-8-19(27-24)16-5-4-9-25-12-16/h4-12H,13-14H2,1-3H3,(H,26,27,28). The molecule has 0 amide bonds. The van der Waals surface area contributed by atoms with Gasteiger partial charge in [-0.25, -0.2) is 19.6 Å². The fraction of sp³-hybridized carbons (Fsp3) is 0.208. The second-order valence-corrected chi connectivity index (χ2v) is 7.35. The van der Waals surface area contributed by atoms with Gasteiger partial charge in [-0.15, -0.1) is 0 Å². The van der Waals surface area contributed by atoms with Crippen molar-refractivity contribution in [2.75, 3.05) is 37.8 Å². The second kappa shape index (κ2) is 10.1. The van der Waals surface area contributed by atoms with E-state index in [4.69, 9.17) is 14.2 Å². The summed E-state index contributed by atoms with van der Waals surface area (Å²) in [5, 5.41) is 3.23. The first-order valence-corrected chi connectivity index (χ1v) is 10.4. The number of carbonyl (C=O) groups excluding carboxylic acids is 2. The molecule has 34 heavy (non-hydrogen) atoms. The predicted octanol–water partition coefficient (Wildman–Crippen LogP) is 2.98. The SMILES string of the molecule is COC(=O)C1=C(C(=O)OC)N(c2ccc(C)c(Nc3nccc(-c4cccnc4)n3)c2)COC1. The zero-order valence-corrected chi connectivity index (χ0v) is 18.9. The van der Waals surface area contributed by atoms with Gasteiger partial charge in [-0.2, -0.15) is 0 Å². The molecule has 1 aromatic carbocycles. The Morgan fingerprint density at radius 1 is 1.09 bits per heavy atom. The normalized spacial score (nSPS) is 13.4. The highest BCUT2D eigenvalue weighted by Crippen LogP contribution is 2.31. The van der Waals surface area contributed by atoms with Crippen molar-refractivity contribution in [1.82, 2.24) is 15.0 Å². The maximum absolute atomic E-state index is 12.6. The number of aromatic nitrogens is 3. The van der Waals surface area contributed by atoms with Gasteiger partial charge in [-0.1, -0.05) is 6.07 Å². The van der Waals surface area contributed by atoms with Crippen LogP contribution in [0, 0.1) is 6.92 Å². The molecule has 0 unspecified atom stereocenters. The molecule has 10 heteroatoms. The summed E-state index contributed by atoms with van der Waals surface area (Å²) in [6.07, 6.45) is 5.09. The van der Waals surface area contributed by atoms with E-state index in [0.29, 0.717) is 11.6 Å². The van der Waals surface area contributed by atoms with Crippen LogP contribution in [0.15, 0.2) is 66.3 Å². The summed E-state index contributed by atoms with van der Waals surface area (Å²) in [5.74, 6) is -0.919. The molecule has 1 N–H and O–H groups in total. The topological polar surface area (TPSA) is 116 Å². The van der Waals surface area contributed by atoms with E-state index in [1.165, 1.54) is 14.2 Å². The van der Waals surface area contributed by atoms with Gasteiger partial charge in [-0.05, 0) is 42.8 Å².